The van der Waals surface area contributed by atoms with E-state index in [9.17, 15) is 5.11 Å². The molecule has 0 saturated carbocycles. The minimum Gasteiger partial charge on any atom is -0.461 e. The van der Waals surface area contributed by atoms with Crippen molar-refractivity contribution in [1.29, 1.82) is 0 Å². The number of nitrogens with zero attached hydrogens (tertiary/aromatic N) is 4. The summed E-state index contributed by atoms with van der Waals surface area (Å²) < 4.78 is 13.3. The maximum absolute atomic E-state index is 10.3. The summed E-state index contributed by atoms with van der Waals surface area (Å²) in [4.78, 5) is 15.1. The zero-order valence-corrected chi connectivity index (χ0v) is 23.9. The van der Waals surface area contributed by atoms with Gasteiger partial charge in [-0.3, -0.25) is 4.90 Å². The van der Waals surface area contributed by atoms with Crippen LogP contribution in [0.3, 0.4) is 0 Å². The van der Waals surface area contributed by atoms with E-state index in [1.165, 1.54) is 36.9 Å². The number of fused-ring (bicyclic) bond motifs is 4. The molecule has 4 atom stereocenters. The lowest BCUT2D eigenvalue weighted by Crippen LogP contribution is -2.44. The fourth-order valence-electron chi connectivity index (χ4n) is 8.18. The Hall–Kier alpha value is -1.93. The Balaban J connectivity index is 1.24. The van der Waals surface area contributed by atoms with Gasteiger partial charge in [-0.1, -0.05) is 24.6 Å². The van der Waals surface area contributed by atoms with Crippen LogP contribution in [0, 0.1) is 5.92 Å². The Morgan fingerprint density at radius 3 is 2.97 bits per heavy atom. The van der Waals surface area contributed by atoms with E-state index in [1.807, 2.05) is 6.07 Å². The molecule has 8 heteroatoms. The summed E-state index contributed by atoms with van der Waals surface area (Å²) in [7, 11) is 0. The summed E-state index contributed by atoms with van der Waals surface area (Å²) in [5, 5.41) is 11.1. The Morgan fingerprint density at radius 1 is 1.13 bits per heavy atom. The molecular formula is C31H41ClN4O3. The summed E-state index contributed by atoms with van der Waals surface area (Å²) in [5.41, 5.74) is 4.37. The lowest BCUT2D eigenvalue weighted by molar-refractivity contribution is -0.0855. The molecule has 4 aliphatic heterocycles. The van der Waals surface area contributed by atoms with Gasteiger partial charge in [0.15, 0.2) is 0 Å². The van der Waals surface area contributed by atoms with Crippen molar-refractivity contribution in [2.45, 2.75) is 95.0 Å². The predicted octanol–water partition coefficient (Wildman–Crippen LogP) is 5.04. The van der Waals surface area contributed by atoms with Crippen LogP contribution in [0.15, 0.2) is 18.2 Å². The number of benzene rings is 1. The van der Waals surface area contributed by atoms with Gasteiger partial charge in [-0.05, 0) is 93.5 Å². The van der Waals surface area contributed by atoms with Gasteiger partial charge >= 0.3 is 6.01 Å². The zero-order valence-electron chi connectivity index (χ0n) is 23.1. The molecule has 39 heavy (non-hydrogen) atoms. The number of aryl methyl sites for hydroxylation is 1. The van der Waals surface area contributed by atoms with Crippen LogP contribution >= 0.6 is 11.6 Å². The highest BCUT2D eigenvalue weighted by Crippen LogP contribution is 2.47. The molecule has 1 spiro atoms. The van der Waals surface area contributed by atoms with Crippen LogP contribution in [0.5, 0.6) is 6.01 Å². The normalized spacial score (nSPS) is 32.5. The van der Waals surface area contributed by atoms with Crippen molar-refractivity contribution in [3.8, 4) is 6.01 Å². The molecule has 2 unspecified atom stereocenters. The van der Waals surface area contributed by atoms with E-state index in [0.29, 0.717) is 31.6 Å². The molecule has 0 amide bonds. The maximum atomic E-state index is 10.3. The first-order valence-corrected chi connectivity index (χ1v) is 15.4. The molecule has 3 saturated heterocycles. The molecule has 0 bridgehead atoms. The smallest absolute Gasteiger partial charge is 0.318 e. The SMILES string of the molecule is C[C@H]1CN2CCC[C@@]2(COc2nc3c(c(N4CCCC(O)CC4)n2)COC2(CCCc4ccc(Cl)cc42)C3)C1. The van der Waals surface area contributed by atoms with Crippen molar-refractivity contribution < 1.29 is 14.6 Å². The van der Waals surface area contributed by atoms with Crippen LogP contribution in [0.2, 0.25) is 5.02 Å². The van der Waals surface area contributed by atoms with Crippen molar-refractivity contribution in [2.24, 2.45) is 5.92 Å². The van der Waals surface area contributed by atoms with Gasteiger partial charge in [-0.2, -0.15) is 9.97 Å². The molecule has 5 aliphatic rings. The van der Waals surface area contributed by atoms with Crippen LogP contribution in [0.25, 0.3) is 0 Å². The zero-order chi connectivity index (χ0) is 26.6. The predicted molar refractivity (Wildman–Crippen MR) is 151 cm³/mol. The van der Waals surface area contributed by atoms with E-state index in [0.717, 1.165) is 80.3 Å². The number of aromatic nitrogens is 2. The van der Waals surface area contributed by atoms with Gasteiger partial charge in [-0.15, -0.1) is 0 Å². The van der Waals surface area contributed by atoms with Crippen LogP contribution in [-0.4, -0.2) is 64.4 Å². The third kappa shape index (κ3) is 4.73. The van der Waals surface area contributed by atoms with Gasteiger partial charge in [0.05, 0.1) is 29.5 Å². The summed E-state index contributed by atoms with van der Waals surface area (Å²) in [5.74, 6) is 1.63. The van der Waals surface area contributed by atoms with Crippen molar-refractivity contribution >= 4 is 17.4 Å². The Kier molecular flexibility index (Phi) is 6.78. The average Bonchev–Trinajstić information content (AvgIpc) is 3.35. The van der Waals surface area contributed by atoms with Crippen molar-refractivity contribution in [1.82, 2.24) is 14.9 Å². The number of hydrogen-bond donors (Lipinski definition) is 1. The topological polar surface area (TPSA) is 71.0 Å². The number of hydrogen-bond acceptors (Lipinski definition) is 7. The van der Waals surface area contributed by atoms with Gasteiger partial charge in [0.2, 0.25) is 0 Å². The fraction of sp³-hybridized carbons (Fsp3) is 0.677. The molecule has 1 aromatic carbocycles. The molecule has 1 aliphatic carbocycles. The highest BCUT2D eigenvalue weighted by atomic mass is 35.5. The lowest BCUT2D eigenvalue weighted by Gasteiger charge is -2.43. The minimum atomic E-state index is -0.412. The number of rotatable bonds is 4. The first kappa shape index (κ1) is 26.0. The van der Waals surface area contributed by atoms with E-state index >= 15 is 0 Å². The second-order valence-electron chi connectivity index (χ2n) is 12.8. The second-order valence-corrected chi connectivity index (χ2v) is 13.2. The van der Waals surface area contributed by atoms with E-state index in [-0.39, 0.29) is 11.6 Å². The molecule has 5 heterocycles. The van der Waals surface area contributed by atoms with Crippen molar-refractivity contribution in [3.05, 3.63) is 45.6 Å². The average molecular weight is 553 g/mol. The van der Waals surface area contributed by atoms with Gasteiger partial charge in [0.1, 0.15) is 12.4 Å². The maximum Gasteiger partial charge on any atom is 0.318 e. The summed E-state index contributed by atoms with van der Waals surface area (Å²) in [6, 6.07) is 6.75. The minimum absolute atomic E-state index is 0.120. The number of aliphatic hydroxyl groups is 1. The number of aliphatic hydroxyl groups excluding tert-OH is 1. The van der Waals surface area contributed by atoms with Crippen LogP contribution < -0.4 is 9.64 Å². The summed E-state index contributed by atoms with van der Waals surface area (Å²) >= 11 is 6.48. The third-order valence-corrected chi connectivity index (χ3v) is 10.3. The van der Waals surface area contributed by atoms with Gasteiger partial charge in [0.25, 0.3) is 0 Å². The Morgan fingerprint density at radius 2 is 2.05 bits per heavy atom. The number of ether oxygens (including phenoxy) is 2. The van der Waals surface area contributed by atoms with Gasteiger partial charge in [-0.25, -0.2) is 0 Å². The molecule has 2 aromatic rings. The first-order chi connectivity index (χ1) is 18.9. The summed E-state index contributed by atoms with van der Waals surface area (Å²) in [6.45, 7) is 7.47. The molecule has 210 valence electrons. The Labute approximate surface area is 236 Å². The van der Waals surface area contributed by atoms with E-state index in [4.69, 9.17) is 31.0 Å². The van der Waals surface area contributed by atoms with Gasteiger partial charge in [0, 0.05) is 36.6 Å². The van der Waals surface area contributed by atoms with E-state index < -0.39 is 5.60 Å². The number of anilines is 1. The quantitative estimate of drug-likeness (QED) is 0.570. The third-order valence-electron chi connectivity index (χ3n) is 10.1. The highest BCUT2D eigenvalue weighted by Gasteiger charge is 2.48. The highest BCUT2D eigenvalue weighted by molar-refractivity contribution is 6.30. The van der Waals surface area contributed by atoms with Crippen molar-refractivity contribution in [2.75, 3.05) is 37.7 Å². The molecule has 0 radical (unpaired) electrons. The lowest BCUT2D eigenvalue weighted by atomic mass is 9.75. The Bertz CT molecular complexity index is 1240. The molecule has 1 aromatic heterocycles. The van der Waals surface area contributed by atoms with Crippen molar-refractivity contribution in [3.63, 3.8) is 0 Å². The molecule has 3 fully saturated rings. The van der Waals surface area contributed by atoms with Crippen LogP contribution in [0.1, 0.15) is 80.7 Å². The van der Waals surface area contributed by atoms with E-state index in [1.54, 1.807) is 0 Å². The number of halogens is 1. The van der Waals surface area contributed by atoms with Crippen LogP contribution in [-0.2, 0) is 29.8 Å². The molecule has 7 rings (SSSR count). The first-order valence-electron chi connectivity index (χ1n) is 15.1. The second kappa shape index (κ2) is 10.2. The van der Waals surface area contributed by atoms with Crippen LogP contribution in [0.4, 0.5) is 5.82 Å². The fourth-order valence-corrected chi connectivity index (χ4v) is 8.35. The van der Waals surface area contributed by atoms with E-state index in [2.05, 4.69) is 28.9 Å². The standard InChI is InChI=1S/C31H41ClN4O3/c1-21-16-30(10-4-13-36(30)18-21)20-38-29-33-27-17-31(11-2-5-22-7-8-23(32)15-26(22)31)39-19-25(27)28(34-29)35-12-3-6-24(37)9-14-35/h7-8,15,21,24,37H,2-6,9-14,16-20H2,1H3/t21-,24?,30+,31?/m1/s1. The summed E-state index contributed by atoms with van der Waals surface area (Å²) in [6.07, 6.45) is 9.70. The largest absolute Gasteiger partial charge is 0.461 e. The molecule has 7 nitrogen and oxygen atoms in total. The molecule has 1 N–H and O–H groups in total. The van der Waals surface area contributed by atoms with Gasteiger partial charge < -0.3 is 19.5 Å². The monoisotopic (exact) mass is 552 g/mol. The molecular weight excluding hydrogens is 512 g/mol.